The highest BCUT2D eigenvalue weighted by atomic mass is 14.1. The van der Waals surface area contributed by atoms with Crippen LogP contribution in [0.1, 0.15) is 39.0 Å². The number of hydrogen-bond donors (Lipinski definition) is 0. The fraction of sp³-hybridized carbons (Fsp3) is 0.538. The summed E-state index contributed by atoms with van der Waals surface area (Å²) in [6.07, 6.45) is 10.9. The average Bonchev–Trinajstić information content (AvgIpc) is 2.20. The molecule has 0 heterocycles. The van der Waals surface area contributed by atoms with E-state index < -0.39 is 0 Å². The van der Waals surface area contributed by atoms with Gasteiger partial charge in [0.25, 0.3) is 0 Å². The van der Waals surface area contributed by atoms with Gasteiger partial charge in [0, 0.05) is 0 Å². The van der Waals surface area contributed by atoms with Crippen molar-refractivity contribution in [1.82, 2.24) is 0 Å². The standard InChI is InChI=1S/C8H14.C5H8/c1-2-8-6-4-3-5-7-8;1-4-5(2)3/h2,8H,1,3-7H2;4H,1-2H2,3H3. The van der Waals surface area contributed by atoms with Gasteiger partial charge in [-0.15, -0.1) is 6.58 Å². The van der Waals surface area contributed by atoms with Crippen LogP contribution in [-0.2, 0) is 0 Å². The van der Waals surface area contributed by atoms with E-state index in [2.05, 4.69) is 25.8 Å². The smallest absolute Gasteiger partial charge is 0.0236 e. The first-order valence-corrected chi connectivity index (χ1v) is 5.11. The Balaban J connectivity index is 0.000000252. The molecule has 1 fully saturated rings. The van der Waals surface area contributed by atoms with E-state index in [4.69, 9.17) is 0 Å². The summed E-state index contributed by atoms with van der Waals surface area (Å²) >= 11 is 0. The van der Waals surface area contributed by atoms with E-state index in [9.17, 15) is 0 Å². The van der Waals surface area contributed by atoms with Crippen molar-refractivity contribution in [3.8, 4) is 0 Å². The van der Waals surface area contributed by atoms with E-state index in [1.54, 1.807) is 6.08 Å². The Morgan fingerprint density at radius 2 is 1.62 bits per heavy atom. The Morgan fingerprint density at radius 3 is 1.85 bits per heavy atom. The molecule has 74 valence electrons. The van der Waals surface area contributed by atoms with Gasteiger partial charge in [-0.3, -0.25) is 0 Å². The molecule has 1 aliphatic carbocycles. The van der Waals surface area contributed by atoms with Gasteiger partial charge < -0.3 is 0 Å². The van der Waals surface area contributed by atoms with Gasteiger partial charge in [0.1, 0.15) is 0 Å². The van der Waals surface area contributed by atoms with Gasteiger partial charge in [-0.2, -0.15) is 0 Å². The van der Waals surface area contributed by atoms with Crippen molar-refractivity contribution in [3.05, 3.63) is 37.5 Å². The number of rotatable bonds is 2. The minimum Gasteiger partial charge on any atom is -0.103 e. The second-order valence-corrected chi connectivity index (χ2v) is 3.68. The van der Waals surface area contributed by atoms with E-state index in [1.165, 1.54) is 32.1 Å². The summed E-state index contributed by atoms with van der Waals surface area (Å²) < 4.78 is 0. The highest BCUT2D eigenvalue weighted by Crippen LogP contribution is 2.23. The molecular weight excluding hydrogens is 156 g/mol. The van der Waals surface area contributed by atoms with Crippen LogP contribution in [0.5, 0.6) is 0 Å². The minimum absolute atomic E-state index is 0.851. The fourth-order valence-electron chi connectivity index (χ4n) is 1.37. The largest absolute Gasteiger partial charge is 0.103 e. The molecule has 0 N–H and O–H groups in total. The van der Waals surface area contributed by atoms with Crippen molar-refractivity contribution in [2.24, 2.45) is 5.92 Å². The van der Waals surface area contributed by atoms with Crippen molar-refractivity contribution in [1.29, 1.82) is 0 Å². The average molecular weight is 178 g/mol. The molecule has 0 saturated heterocycles. The van der Waals surface area contributed by atoms with Gasteiger partial charge in [0.15, 0.2) is 0 Å². The van der Waals surface area contributed by atoms with Crippen LogP contribution in [0.4, 0.5) is 0 Å². The lowest BCUT2D eigenvalue weighted by Gasteiger charge is -2.16. The van der Waals surface area contributed by atoms with Crippen molar-refractivity contribution in [2.45, 2.75) is 39.0 Å². The zero-order chi connectivity index (χ0) is 10.1. The summed E-state index contributed by atoms with van der Waals surface area (Å²) in [5.74, 6) is 0.851. The topological polar surface area (TPSA) is 0 Å². The van der Waals surface area contributed by atoms with Crippen LogP contribution in [0, 0.1) is 5.92 Å². The van der Waals surface area contributed by atoms with E-state index >= 15 is 0 Å². The molecule has 0 aromatic rings. The van der Waals surface area contributed by atoms with Gasteiger partial charge in [0.05, 0.1) is 0 Å². The van der Waals surface area contributed by atoms with Crippen molar-refractivity contribution >= 4 is 0 Å². The number of hydrogen-bond acceptors (Lipinski definition) is 0. The van der Waals surface area contributed by atoms with E-state index in [0.29, 0.717) is 0 Å². The highest BCUT2D eigenvalue weighted by Gasteiger charge is 2.07. The van der Waals surface area contributed by atoms with Gasteiger partial charge in [-0.25, -0.2) is 0 Å². The molecule has 0 nitrogen and oxygen atoms in total. The SMILES string of the molecule is C=CC(=C)C.C=CC1CCCCC1. The molecular formula is C13H22. The Hall–Kier alpha value is -0.780. The maximum Gasteiger partial charge on any atom is -0.0236 e. The van der Waals surface area contributed by atoms with Crippen LogP contribution < -0.4 is 0 Å². The molecule has 0 radical (unpaired) electrons. The zero-order valence-electron chi connectivity index (χ0n) is 8.89. The lowest BCUT2D eigenvalue weighted by atomic mass is 9.90. The molecule has 13 heavy (non-hydrogen) atoms. The Bertz CT molecular complexity index is 159. The fourth-order valence-corrected chi connectivity index (χ4v) is 1.37. The third-order valence-electron chi connectivity index (χ3n) is 2.33. The van der Waals surface area contributed by atoms with Gasteiger partial charge in [0.2, 0.25) is 0 Å². The van der Waals surface area contributed by atoms with Crippen LogP contribution in [0.3, 0.4) is 0 Å². The number of allylic oxidation sites excluding steroid dienone is 3. The second kappa shape index (κ2) is 7.85. The Kier molecular flexibility index (Phi) is 7.38. The lowest BCUT2D eigenvalue weighted by Crippen LogP contribution is -2.01. The van der Waals surface area contributed by atoms with Crippen molar-refractivity contribution in [2.75, 3.05) is 0 Å². The van der Waals surface area contributed by atoms with Crippen molar-refractivity contribution < 1.29 is 0 Å². The predicted octanol–water partition coefficient (Wildman–Crippen LogP) is 4.50. The van der Waals surface area contributed by atoms with Crippen LogP contribution in [0.25, 0.3) is 0 Å². The van der Waals surface area contributed by atoms with Crippen LogP contribution in [0.2, 0.25) is 0 Å². The third-order valence-corrected chi connectivity index (χ3v) is 2.33. The quantitative estimate of drug-likeness (QED) is 0.431. The lowest BCUT2D eigenvalue weighted by molar-refractivity contribution is 0.420. The Labute approximate surface area is 83.0 Å². The molecule has 0 aliphatic heterocycles. The first kappa shape index (κ1) is 12.2. The maximum atomic E-state index is 3.78. The summed E-state index contributed by atoms with van der Waals surface area (Å²) in [7, 11) is 0. The summed E-state index contributed by atoms with van der Waals surface area (Å²) in [6.45, 7) is 12.7. The van der Waals surface area contributed by atoms with Gasteiger partial charge in [-0.05, 0) is 25.7 Å². The summed E-state index contributed by atoms with van der Waals surface area (Å²) in [5, 5.41) is 0. The molecule has 0 atom stereocenters. The molecule has 0 aromatic carbocycles. The molecule has 1 aliphatic rings. The molecule has 0 unspecified atom stereocenters. The summed E-state index contributed by atoms with van der Waals surface area (Å²) in [6, 6.07) is 0. The molecule has 0 amide bonds. The normalized spacial score (nSPS) is 16.7. The third kappa shape index (κ3) is 7.58. The zero-order valence-corrected chi connectivity index (χ0v) is 8.89. The highest BCUT2D eigenvalue weighted by molar-refractivity contribution is 5.05. The summed E-state index contributed by atoms with van der Waals surface area (Å²) in [5.41, 5.74) is 1.02. The monoisotopic (exact) mass is 178 g/mol. The molecule has 0 aromatic heterocycles. The van der Waals surface area contributed by atoms with Gasteiger partial charge >= 0.3 is 0 Å². The predicted molar refractivity (Wildman–Crippen MR) is 61.8 cm³/mol. The van der Waals surface area contributed by atoms with E-state index in [-0.39, 0.29) is 0 Å². The van der Waals surface area contributed by atoms with Crippen LogP contribution in [0.15, 0.2) is 37.5 Å². The second-order valence-electron chi connectivity index (χ2n) is 3.68. The van der Waals surface area contributed by atoms with Crippen LogP contribution in [-0.4, -0.2) is 0 Å². The van der Waals surface area contributed by atoms with Crippen LogP contribution >= 0.6 is 0 Å². The first-order chi connectivity index (χ1) is 6.20. The van der Waals surface area contributed by atoms with E-state index in [0.717, 1.165) is 11.5 Å². The molecule has 1 rings (SSSR count). The molecule has 0 bridgehead atoms. The van der Waals surface area contributed by atoms with Crippen molar-refractivity contribution in [3.63, 3.8) is 0 Å². The molecule has 0 spiro atoms. The summed E-state index contributed by atoms with van der Waals surface area (Å²) in [4.78, 5) is 0. The maximum absolute atomic E-state index is 3.78. The molecule has 1 saturated carbocycles. The van der Waals surface area contributed by atoms with E-state index in [1.807, 2.05) is 6.92 Å². The molecule has 0 heteroatoms. The minimum atomic E-state index is 0.851. The first-order valence-electron chi connectivity index (χ1n) is 5.11. The Morgan fingerprint density at radius 1 is 1.15 bits per heavy atom. The van der Waals surface area contributed by atoms with Gasteiger partial charge in [-0.1, -0.05) is 50.1 Å².